The number of alkyl halides is 1. The Morgan fingerprint density at radius 1 is 1.33 bits per heavy atom. The molecule has 0 heterocycles. The van der Waals surface area contributed by atoms with Gasteiger partial charge in [0.1, 0.15) is 6.67 Å². The van der Waals surface area contributed by atoms with Crippen molar-refractivity contribution in [1.82, 2.24) is 5.32 Å². The van der Waals surface area contributed by atoms with E-state index in [9.17, 15) is 4.39 Å². The van der Waals surface area contributed by atoms with Crippen LogP contribution in [0.4, 0.5) is 4.39 Å². The van der Waals surface area contributed by atoms with Gasteiger partial charge in [0, 0.05) is 6.04 Å². The zero-order valence-corrected chi connectivity index (χ0v) is 6.45. The van der Waals surface area contributed by atoms with Crippen molar-refractivity contribution >= 4 is 0 Å². The Morgan fingerprint density at radius 2 is 1.89 bits per heavy atom. The highest BCUT2D eigenvalue weighted by atomic mass is 19.1. The van der Waals surface area contributed by atoms with Gasteiger partial charge in [-0.1, -0.05) is 13.8 Å². The van der Waals surface area contributed by atoms with Crippen LogP contribution in [-0.4, -0.2) is 19.3 Å². The molecule has 9 heavy (non-hydrogen) atoms. The van der Waals surface area contributed by atoms with Gasteiger partial charge in [-0.05, 0) is 19.4 Å². The van der Waals surface area contributed by atoms with E-state index < -0.39 is 0 Å². The van der Waals surface area contributed by atoms with Crippen LogP contribution in [0, 0.1) is 5.92 Å². The van der Waals surface area contributed by atoms with Gasteiger partial charge in [-0.2, -0.15) is 0 Å². The summed E-state index contributed by atoms with van der Waals surface area (Å²) in [4.78, 5) is 0. The smallest absolute Gasteiger partial charge is 0.104 e. The molecule has 56 valence electrons. The van der Waals surface area contributed by atoms with E-state index >= 15 is 0 Å². The molecule has 0 bridgehead atoms. The van der Waals surface area contributed by atoms with E-state index in [1.54, 1.807) is 0 Å². The maximum atomic E-state index is 11.8. The van der Waals surface area contributed by atoms with Crippen LogP contribution in [0.3, 0.4) is 0 Å². The third kappa shape index (κ3) is 5.77. The molecule has 0 aliphatic carbocycles. The van der Waals surface area contributed by atoms with E-state index in [4.69, 9.17) is 0 Å². The number of halogens is 1. The van der Waals surface area contributed by atoms with Gasteiger partial charge in [0.15, 0.2) is 0 Å². The van der Waals surface area contributed by atoms with Crippen molar-refractivity contribution in [2.75, 3.05) is 13.2 Å². The lowest BCUT2D eigenvalue weighted by Crippen LogP contribution is -2.30. The number of rotatable bonds is 4. The van der Waals surface area contributed by atoms with Gasteiger partial charge in [-0.3, -0.25) is 0 Å². The van der Waals surface area contributed by atoms with E-state index in [1.165, 1.54) is 0 Å². The second kappa shape index (κ2) is 4.74. The van der Waals surface area contributed by atoms with Crippen LogP contribution in [0.25, 0.3) is 0 Å². The minimum Gasteiger partial charge on any atom is -0.311 e. The Morgan fingerprint density at radius 3 is 2.22 bits per heavy atom. The lowest BCUT2D eigenvalue weighted by molar-refractivity contribution is 0.378. The molecule has 0 aliphatic heterocycles. The second-order valence-corrected chi connectivity index (χ2v) is 2.86. The lowest BCUT2D eigenvalue weighted by atomic mass is 10.2. The zero-order valence-electron chi connectivity index (χ0n) is 6.45. The third-order valence-electron chi connectivity index (χ3n) is 1.11. The summed E-state index contributed by atoms with van der Waals surface area (Å²) in [6.07, 6.45) is 0. The maximum absolute atomic E-state index is 11.8. The molecule has 2 heteroatoms. The summed E-state index contributed by atoms with van der Waals surface area (Å²) in [6.45, 7) is 6.70. The Kier molecular flexibility index (Phi) is 4.68. The van der Waals surface area contributed by atoms with Crippen molar-refractivity contribution in [2.45, 2.75) is 26.8 Å². The average molecular weight is 133 g/mol. The van der Waals surface area contributed by atoms with Gasteiger partial charge in [0.05, 0.1) is 0 Å². The Balaban J connectivity index is 3.06. The molecular formula is C7H16FN. The molecule has 1 atom stereocenters. The van der Waals surface area contributed by atoms with Crippen LogP contribution in [0.5, 0.6) is 0 Å². The quantitative estimate of drug-likeness (QED) is 0.614. The van der Waals surface area contributed by atoms with E-state index in [1.807, 2.05) is 6.92 Å². The first-order valence-corrected chi connectivity index (χ1v) is 3.46. The Hall–Kier alpha value is -0.110. The molecule has 0 spiro atoms. The summed E-state index contributed by atoms with van der Waals surface area (Å²) in [5, 5.41) is 3.06. The topological polar surface area (TPSA) is 12.0 Å². The molecule has 0 saturated carbocycles. The normalized spacial score (nSPS) is 14.3. The van der Waals surface area contributed by atoms with Crippen LogP contribution < -0.4 is 5.32 Å². The van der Waals surface area contributed by atoms with Crippen molar-refractivity contribution in [3.63, 3.8) is 0 Å². The van der Waals surface area contributed by atoms with Gasteiger partial charge >= 0.3 is 0 Å². The number of hydrogen-bond acceptors (Lipinski definition) is 1. The van der Waals surface area contributed by atoms with Crippen LogP contribution in [-0.2, 0) is 0 Å². The molecule has 0 aliphatic rings. The minimum absolute atomic E-state index is 0.0207. The predicted octanol–water partition coefficient (Wildman–Crippen LogP) is 1.59. The molecular weight excluding hydrogens is 117 g/mol. The highest BCUT2D eigenvalue weighted by molar-refractivity contribution is 4.59. The molecule has 0 aromatic rings. The van der Waals surface area contributed by atoms with Gasteiger partial charge in [-0.25, -0.2) is 4.39 Å². The summed E-state index contributed by atoms with van der Waals surface area (Å²) >= 11 is 0. The highest BCUT2D eigenvalue weighted by Gasteiger charge is 1.99. The number of hydrogen-bond donors (Lipinski definition) is 1. The minimum atomic E-state index is -0.271. The first-order valence-electron chi connectivity index (χ1n) is 3.46. The molecule has 1 nitrogen and oxygen atoms in total. The van der Waals surface area contributed by atoms with Gasteiger partial charge < -0.3 is 5.32 Å². The van der Waals surface area contributed by atoms with E-state index in [-0.39, 0.29) is 12.7 Å². The van der Waals surface area contributed by atoms with Crippen molar-refractivity contribution in [3.8, 4) is 0 Å². The van der Waals surface area contributed by atoms with Crippen molar-refractivity contribution < 1.29 is 4.39 Å². The Labute approximate surface area is 56.6 Å². The molecule has 0 radical (unpaired) electrons. The van der Waals surface area contributed by atoms with Crippen LogP contribution in [0.2, 0.25) is 0 Å². The maximum Gasteiger partial charge on any atom is 0.104 e. The van der Waals surface area contributed by atoms with Crippen LogP contribution in [0.1, 0.15) is 20.8 Å². The molecule has 0 unspecified atom stereocenters. The monoisotopic (exact) mass is 133 g/mol. The molecule has 0 amide bonds. The molecule has 0 saturated heterocycles. The van der Waals surface area contributed by atoms with Gasteiger partial charge in [0.25, 0.3) is 0 Å². The molecule has 1 N–H and O–H groups in total. The predicted molar refractivity (Wildman–Crippen MR) is 38.3 cm³/mol. The summed E-state index contributed by atoms with van der Waals surface area (Å²) in [5.74, 6) is 0.610. The summed E-state index contributed by atoms with van der Waals surface area (Å²) in [6, 6.07) is 0.0207. The standard InChI is InChI=1S/C7H16FN/c1-6(2)5-9-7(3)4-8/h6-7,9H,4-5H2,1-3H3/t7-/m0/s1. The van der Waals surface area contributed by atoms with Crippen molar-refractivity contribution in [2.24, 2.45) is 5.92 Å². The van der Waals surface area contributed by atoms with Gasteiger partial charge in [0.2, 0.25) is 0 Å². The Bertz CT molecular complexity index is 63.9. The average Bonchev–Trinajstić information content (AvgIpc) is 1.83. The molecule has 0 aromatic carbocycles. The van der Waals surface area contributed by atoms with Gasteiger partial charge in [-0.15, -0.1) is 0 Å². The fourth-order valence-electron chi connectivity index (χ4n) is 0.491. The third-order valence-corrected chi connectivity index (χ3v) is 1.11. The molecule has 0 rings (SSSR count). The fourth-order valence-corrected chi connectivity index (χ4v) is 0.491. The van der Waals surface area contributed by atoms with Crippen LogP contribution >= 0.6 is 0 Å². The zero-order chi connectivity index (χ0) is 7.28. The first kappa shape index (κ1) is 8.89. The molecule has 0 fully saturated rings. The van der Waals surface area contributed by atoms with Crippen molar-refractivity contribution in [3.05, 3.63) is 0 Å². The highest BCUT2D eigenvalue weighted by Crippen LogP contribution is 1.89. The first-order chi connectivity index (χ1) is 4.16. The van der Waals surface area contributed by atoms with E-state index in [0.29, 0.717) is 5.92 Å². The lowest BCUT2D eigenvalue weighted by Gasteiger charge is -2.10. The van der Waals surface area contributed by atoms with Crippen molar-refractivity contribution in [1.29, 1.82) is 0 Å². The fraction of sp³-hybridized carbons (Fsp3) is 1.00. The van der Waals surface area contributed by atoms with Crippen LogP contribution in [0.15, 0.2) is 0 Å². The summed E-state index contributed by atoms with van der Waals surface area (Å²) < 4.78 is 11.8. The number of nitrogens with one attached hydrogen (secondary N) is 1. The summed E-state index contributed by atoms with van der Waals surface area (Å²) in [7, 11) is 0. The molecule has 0 aromatic heterocycles. The second-order valence-electron chi connectivity index (χ2n) is 2.86. The summed E-state index contributed by atoms with van der Waals surface area (Å²) in [5.41, 5.74) is 0. The van der Waals surface area contributed by atoms with E-state index in [2.05, 4.69) is 19.2 Å². The SMILES string of the molecule is CC(C)CN[C@@H](C)CF. The van der Waals surface area contributed by atoms with E-state index in [0.717, 1.165) is 6.54 Å². The largest absolute Gasteiger partial charge is 0.311 e.